The summed E-state index contributed by atoms with van der Waals surface area (Å²) in [6.45, 7) is 2.26. The van der Waals surface area contributed by atoms with Gasteiger partial charge < -0.3 is 9.84 Å². The van der Waals surface area contributed by atoms with E-state index in [1.165, 1.54) is 44.9 Å². The fourth-order valence-corrected chi connectivity index (χ4v) is 3.22. The summed E-state index contributed by atoms with van der Waals surface area (Å²) in [6, 6.07) is 0. The van der Waals surface area contributed by atoms with Gasteiger partial charge in [-0.15, -0.1) is 0 Å². The summed E-state index contributed by atoms with van der Waals surface area (Å²) in [7, 11) is 0. The Morgan fingerprint density at radius 1 is 1.11 bits per heavy atom. The summed E-state index contributed by atoms with van der Waals surface area (Å²) < 4.78 is 5.43. The van der Waals surface area contributed by atoms with Crippen molar-refractivity contribution in [1.82, 2.24) is 15.5 Å². The van der Waals surface area contributed by atoms with E-state index >= 15 is 0 Å². The van der Waals surface area contributed by atoms with Crippen molar-refractivity contribution in [2.45, 2.75) is 57.3 Å². The maximum absolute atomic E-state index is 5.43. The van der Waals surface area contributed by atoms with Crippen molar-refractivity contribution in [2.24, 2.45) is 5.92 Å². The second kappa shape index (κ2) is 5.83. The van der Waals surface area contributed by atoms with Crippen molar-refractivity contribution in [1.29, 1.82) is 0 Å². The lowest BCUT2D eigenvalue weighted by Gasteiger charge is -2.20. The molecule has 1 saturated carbocycles. The number of nitrogens with one attached hydrogen (secondary N) is 1. The Balaban J connectivity index is 1.58. The van der Waals surface area contributed by atoms with Crippen molar-refractivity contribution in [3.8, 4) is 0 Å². The van der Waals surface area contributed by atoms with Crippen LogP contribution in [-0.2, 0) is 6.42 Å². The fraction of sp³-hybridized carbons (Fsp3) is 0.857. The molecule has 4 nitrogen and oxygen atoms in total. The molecule has 2 heterocycles. The van der Waals surface area contributed by atoms with Crippen LogP contribution in [0.5, 0.6) is 0 Å². The van der Waals surface area contributed by atoms with Crippen LogP contribution in [0.3, 0.4) is 0 Å². The molecule has 0 aromatic carbocycles. The summed E-state index contributed by atoms with van der Waals surface area (Å²) in [6.07, 6.45) is 10.0. The molecule has 0 bridgehead atoms. The zero-order chi connectivity index (χ0) is 12.2. The Hall–Kier alpha value is -0.900. The molecule has 0 radical (unpaired) electrons. The number of rotatable bonds is 3. The molecule has 4 heteroatoms. The topological polar surface area (TPSA) is 51.0 Å². The van der Waals surface area contributed by atoms with Gasteiger partial charge in [-0.25, -0.2) is 0 Å². The van der Waals surface area contributed by atoms with Gasteiger partial charge in [0.25, 0.3) is 0 Å². The molecule has 1 atom stereocenters. The van der Waals surface area contributed by atoms with Gasteiger partial charge in [0, 0.05) is 12.3 Å². The summed E-state index contributed by atoms with van der Waals surface area (Å²) in [4.78, 5) is 4.62. The SMILES string of the molecule is C1CCC(c2noc(CC3CCCNC3)n2)CC1. The first-order valence-electron chi connectivity index (χ1n) is 7.45. The van der Waals surface area contributed by atoms with E-state index in [9.17, 15) is 0 Å². The van der Waals surface area contributed by atoms with E-state index in [4.69, 9.17) is 4.52 Å². The number of nitrogens with zero attached hydrogens (tertiary/aromatic N) is 2. The predicted octanol–water partition coefficient (Wildman–Crippen LogP) is 2.66. The Labute approximate surface area is 109 Å². The second-order valence-corrected chi connectivity index (χ2v) is 5.80. The van der Waals surface area contributed by atoms with Crippen LogP contribution in [0.15, 0.2) is 4.52 Å². The predicted molar refractivity (Wildman–Crippen MR) is 69.4 cm³/mol. The minimum absolute atomic E-state index is 0.556. The average Bonchev–Trinajstić information content (AvgIpc) is 2.89. The fourth-order valence-electron chi connectivity index (χ4n) is 3.22. The van der Waals surface area contributed by atoms with Crippen molar-refractivity contribution < 1.29 is 4.52 Å². The lowest BCUT2D eigenvalue weighted by molar-refractivity contribution is 0.311. The highest BCUT2D eigenvalue weighted by molar-refractivity contribution is 4.97. The standard InChI is InChI=1S/C14H23N3O/c1-2-6-12(7-3-1)14-16-13(18-17-14)9-11-5-4-8-15-10-11/h11-12,15H,1-10H2. The van der Waals surface area contributed by atoms with Crippen molar-refractivity contribution in [3.05, 3.63) is 11.7 Å². The van der Waals surface area contributed by atoms with Crippen molar-refractivity contribution in [3.63, 3.8) is 0 Å². The van der Waals surface area contributed by atoms with Crippen LogP contribution in [0.4, 0.5) is 0 Å². The minimum Gasteiger partial charge on any atom is -0.339 e. The first-order valence-corrected chi connectivity index (χ1v) is 7.45. The van der Waals surface area contributed by atoms with Crippen LogP contribution >= 0.6 is 0 Å². The molecule has 2 fully saturated rings. The third kappa shape index (κ3) is 2.91. The van der Waals surface area contributed by atoms with Crippen LogP contribution in [0.1, 0.15) is 62.6 Å². The van der Waals surface area contributed by atoms with Crippen LogP contribution in [-0.4, -0.2) is 23.2 Å². The van der Waals surface area contributed by atoms with Gasteiger partial charge in [-0.05, 0) is 44.7 Å². The van der Waals surface area contributed by atoms with E-state index in [1.807, 2.05) is 0 Å². The highest BCUT2D eigenvalue weighted by atomic mass is 16.5. The molecule has 3 rings (SSSR count). The van der Waals surface area contributed by atoms with E-state index in [2.05, 4.69) is 15.5 Å². The van der Waals surface area contributed by atoms with Gasteiger partial charge in [-0.3, -0.25) is 0 Å². The molecule has 1 aromatic heterocycles. The average molecular weight is 249 g/mol. The molecule has 100 valence electrons. The van der Waals surface area contributed by atoms with Gasteiger partial charge in [0.05, 0.1) is 0 Å². The number of aromatic nitrogens is 2. The van der Waals surface area contributed by atoms with Crippen LogP contribution < -0.4 is 5.32 Å². The minimum atomic E-state index is 0.556. The smallest absolute Gasteiger partial charge is 0.226 e. The monoisotopic (exact) mass is 249 g/mol. The Morgan fingerprint density at radius 3 is 2.78 bits per heavy atom. The first kappa shape index (κ1) is 12.2. The molecule has 1 unspecified atom stereocenters. The van der Waals surface area contributed by atoms with Crippen LogP contribution in [0.2, 0.25) is 0 Å². The van der Waals surface area contributed by atoms with Gasteiger partial charge in [-0.1, -0.05) is 24.4 Å². The summed E-state index contributed by atoms with van der Waals surface area (Å²) in [5.41, 5.74) is 0. The molecule has 18 heavy (non-hydrogen) atoms. The largest absolute Gasteiger partial charge is 0.339 e. The maximum atomic E-state index is 5.43. The molecule has 1 aliphatic heterocycles. The normalized spacial score (nSPS) is 26.3. The van der Waals surface area contributed by atoms with Gasteiger partial charge in [-0.2, -0.15) is 4.98 Å². The van der Waals surface area contributed by atoms with E-state index in [-0.39, 0.29) is 0 Å². The summed E-state index contributed by atoms with van der Waals surface area (Å²) in [5.74, 6) is 3.05. The zero-order valence-electron chi connectivity index (χ0n) is 11.0. The summed E-state index contributed by atoms with van der Waals surface area (Å²) >= 11 is 0. The van der Waals surface area contributed by atoms with E-state index in [0.29, 0.717) is 11.8 Å². The third-order valence-corrected chi connectivity index (χ3v) is 4.32. The van der Waals surface area contributed by atoms with Crippen molar-refractivity contribution >= 4 is 0 Å². The number of hydrogen-bond donors (Lipinski definition) is 1. The zero-order valence-corrected chi connectivity index (χ0v) is 11.0. The quantitative estimate of drug-likeness (QED) is 0.894. The van der Waals surface area contributed by atoms with Gasteiger partial charge in [0.15, 0.2) is 5.82 Å². The molecule has 0 spiro atoms. The molecular formula is C14H23N3O. The second-order valence-electron chi connectivity index (χ2n) is 5.80. The Bertz CT molecular complexity index is 365. The first-order chi connectivity index (χ1) is 8.92. The van der Waals surface area contributed by atoms with Gasteiger partial charge in [0.1, 0.15) is 0 Å². The molecule has 1 saturated heterocycles. The number of piperidine rings is 1. The lowest BCUT2D eigenvalue weighted by Crippen LogP contribution is -2.30. The maximum Gasteiger partial charge on any atom is 0.226 e. The molecular weight excluding hydrogens is 226 g/mol. The van der Waals surface area contributed by atoms with E-state index < -0.39 is 0 Å². The van der Waals surface area contributed by atoms with Crippen molar-refractivity contribution in [2.75, 3.05) is 13.1 Å². The molecule has 2 aliphatic rings. The third-order valence-electron chi connectivity index (χ3n) is 4.32. The molecule has 1 aromatic rings. The number of hydrogen-bond acceptors (Lipinski definition) is 4. The molecule has 0 amide bonds. The Kier molecular flexibility index (Phi) is 3.93. The molecule has 1 N–H and O–H groups in total. The lowest BCUT2D eigenvalue weighted by atomic mass is 9.89. The highest BCUT2D eigenvalue weighted by Gasteiger charge is 2.22. The van der Waals surface area contributed by atoms with Crippen LogP contribution in [0.25, 0.3) is 0 Å². The van der Waals surface area contributed by atoms with E-state index in [1.54, 1.807) is 0 Å². The molecule has 1 aliphatic carbocycles. The van der Waals surface area contributed by atoms with Crippen LogP contribution in [0, 0.1) is 5.92 Å². The summed E-state index contributed by atoms with van der Waals surface area (Å²) in [5, 5.41) is 7.63. The van der Waals surface area contributed by atoms with Gasteiger partial charge in [0.2, 0.25) is 5.89 Å². The van der Waals surface area contributed by atoms with E-state index in [0.717, 1.165) is 31.2 Å². The Morgan fingerprint density at radius 2 is 2.00 bits per heavy atom. The highest BCUT2D eigenvalue weighted by Crippen LogP contribution is 2.31. The van der Waals surface area contributed by atoms with Gasteiger partial charge >= 0.3 is 0 Å².